The number of esters is 2. The van der Waals surface area contributed by atoms with Crippen LogP contribution in [0.2, 0.25) is 0 Å². The number of rotatable bonds is 7. The monoisotopic (exact) mass is 604 g/mol. The number of aromatic nitrogens is 4. The van der Waals surface area contributed by atoms with E-state index in [1.807, 2.05) is 38.1 Å². The summed E-state index contributed by atoms with van der Waals surface area (Å²) in [5.74, 6) is -1.11. The highest BCUT2D eigenvalue weighted by atomic mass is 32.1. The van der Waals surface area contributed by atoms with Crippen molar-refractivity contribution in [3.63, 3.8) is 0 Å². The van der Waals surface area contributed by atoms with E-state index >= 15 is 0 Å². The van der Waals surface area contributed by atoms with E-state index in [1.54, 1.807) is 38.2 Å². The number of nitrogens with zero attached hydrogens (tertiary/aromatic N) is 4. The molecule has 0 aliphatic carbocycles. The molecule has 0 saturated heterocycles. The summed E-state index contributed by atoms with van der Waals surface area (Å²) < 4.78 is 9.79. The van der Waals surface area contributed by atoms with Gasteiger partial charge in [0.25, 0.3) is 5.91 Å². The summed E-state index contributed by atoms with van der Waals surface area (Å²) in [5.41, 5.74) is 10.3. The van der Waals surface area contributed by atoms with Gasteiger partial charge in [0.2, 0.25) is 10.0 Å². The molecule has 0 unspecified atom stereocenters. The van der Waals surface area contributed by atoms with Crippen molar-refractivity contribution in [3.8, 4) is 0 Å². The molecule has 0 bridgehead atoms. The average Bonchev–Trinajstić information content (AvgIpc) is 3.58. The summed E-state index contributed by atoms with van der Waals surface area (Å²) in [6.45, 7) is 7.96. The Kier molecular flexibility index (Phi) is 9.89. The van der Waals surface area contributed by atoms with Crippen LogP contribution in [0.4, 0.5) is 11.4 Å². The summed E-state index contributed by atoms with van der Waals surface area (Å²) in [6, 6.07) is 9.04. The SMILES string of the molecule is C/C=C/c1ccc(C(=O)Nc2cnc3sc(C(=O)OCC)nc3c2)c(C)c1.CCOC(=O)c1nc2cc(N)cnc2s1. The Hall–Kier alpha value is -4.75. The lowest BCUT2D eigenvalue weighted by Crippen LogP contribution is -2.13. The standard InChI is InChI=1S/C20H19N3O3S.C9H9N3O2S/c1-4-6-13-7-8-15(12(3)9-13)17(24)22-14-10-16-18(21-11-14)27-19(23-16)20(25)26-5-2;1-2-14-9(13)8-12-6-3-5(10)4-11-7(6)15-8/h4,6-11H,5H2,1-3H3,(H,22,24);3-4H,2,10H2,1H3/b6-4+;. The Bertz CT molecular complexity index is 1800. The number of ether oxygens (including phenoxy) is 2. The number of hydrogen-bond acceptors (Lipinski definition) is 12. The second-order valence-electron chi connectivity index (χ2n) is 8.65. The highest BCUT2D eigenvalue weighted by Crippen LogP contribution is 2.24. The van der Waals surface area contributed by atoms with Gasteiger partial charge in [0, 0.05) is 5.56 Å². The quantitative estimate of drug-likeness (QED) is 0.214. The van der Waals surface area contributed by atoms with Gasteiger partial charge in [0.15, 0.2) is 0 Å². The number of amides is 1. The molecule has 216 valence electrons. The van der Waals surface area contributed by atoms with Crippen LogP contribution in [0.3, 0.4) is 0 Å². The molecule has 1 aromatic carbocycles. The van der Waals surface area contributed by atoms with Gasteiger partial charge in [-0.3, -0.25) is 4.79 Å². The molecule has 0 aliphatic rings. The van der Waals surface area contributed by atoms with Gasteiger partial charge in [-0.15, -0.1) is 0 Å². The molecule has 11 nitrogen and oxygen atoms in total. The lowest BCUT2D eigenvalue weighted by Gasteiger charge is -2.08. The zero-order valence-electron chi connectivity index (χ0n) is 23.3. The molecule has 1 amide bonds. The molecule has 0 fully saturated rings. The average molecular weight is 605 g/mol. The number of aryl methyl sites for hydroxylation is 1. The molecule has 0 saturated carbocycles. The Morgan fingerprint density at radius 3 is 2.07 bits per heavy atom. The fourth-order valence-corrected chi connectivity index (χ4v) is 5.29. The van der Waals surface area contributed by atoms with Crippen molar-refractivity contribution in [3.05, 3.63) is 75.5 Å². The lowest BCUT2D eigenvalue weighted by atomic mass is 10.0. The molecular formula is C29H28N6O5S2. The first-order valence-electron chi connectivity index (χ1n) is 12.9. The van der Waals surface area contributed by atoms with Gasteiger partial charge >= 0.3 is 11.9 Å². The van der Waals surface area contributed by atoms with Crippen molar-refractivity contribution in [1.82, 2.24) is 19.9 Å². The highest BCUT2D eigenvalue weighted by molar-refractivity contribution is 7.20. The number of carbonyl (C=O) groups is 3. The predicted molar refractivity (Wildman–Crippen MR) is 165 cm³/mol. The minimum atomic E-state index is -0.470. The van der Waals surface area contributed by atoms with Gasteiger partial charge < -0.3 is 20.5 Å². The van der Waals surface area contributed by atoms with Gasteiger partial charge in [0.05, 0.1) is 37.0 Å². The third-order valence-corrected chi connectivity index (χ3v) is 7.45. The van der Waals surface area contributed by atoms with Crippen molar-refractivity contribution >= 4 is 78.7 Å². The van der Waals surface area contributed by atoms with E-state index in [1.165, 1.54) is 17.5 Å². The molecule has 5 aromatic rings. The molecule has 0 aliphatic heterocycles. The topological polar surface area (TPSA) is 159 Å². The van der Waals surface area contributed by atoms with E-state index in [2.05, 4.69) is 25.3 Å². The molecule has 13 heteroatoms. The van der Waals surface area contributed by atoms with Crippen molar-refractivity contribution in [1.29, 1.82) is 0 Å². The molecule has 0 spiro atoms. The van der Waals surface area contributed by atoms with Crippen LogP contribution in [0.5, 0.6) is 0 Å². The van der Waals surface area contributed by atoms with Crippen LogP contribution in [-0.2, 0) is 9.47 Å². The van der Waals surface area contributed by atoms with Crippen molar-refractivity contribution in [2.75, 3.05) is 24.3 Å². The maximum Gasteiger partial charge on any atom is 0.367 e. The van der Waals surface area contributed by atoms with Crippen LogP contribution < -0.4 is 11.1 Å². The second-order valence-corrected chi connectivity index (χ2v) is 10.6. The fraction of sp³-hybridized carbons (Fsp3) is 0.207. The maximum atomic E-state index is 12.6. The first-order valence-corrected chi connectivity index (χ1v) is 14.5. The molecule has 5 rings (SSSR count). The van der Waals surface area contributed by atoms with Gasteiger partial charge in [-0.05, 0) is 57.0 Å². The van der Waals surface area contributed by atoms with Crippen LogP contribution in [-0.4, -0.2) is 51.0 Å². The molecule has 4 heterocycles. The van der Waals surface area contributed by atoms with Gasteiger partial charge in [0.1, 0.15) is 20.7 Å². The third-order valence-electron chi connectivity index (χ3n) is 5.53. The predicted octanol–water partition coefficient (Wildman–Crippen LogP) is 5.91. The Labute approximate surface area is 249 Å². The molecule has 4 aromatic heterocycles. The summed E-state index contributed by atoms with van der Waals surface area (Å²) in [7, 11) is 0. The number of allylic oxidation sites excluding steroid dienone is 1. The maximum absolute atomic E-state index is 12.6. The van der Waals surface area contributed by atoms with Crippen LogP contribution in [0.1, 0.15) is 61.9 Å². The highest BCUT2D eigenvalue weighted by Gasteiger charge is 2.16. The summed E-state index contributed by atoms with van der Waals surface area (Å²) in [4.78, 5) is 53.7. The zero-order chi connectivity index (χ0) is 30.2. The van der Waals surface area contributed by atoms with E-state index in [0.29, 0.717) is 49.2 Å². The summed E-state index contributed by atoms with van der Waals surface area (Å²) in [5, 5.41) is 3.39. The first kappa shape index (κ1) is 30.2. The van der Waals surface area contributed by atoms with Crippen molar-refractivity contribution in [2.45, 2.75) is 27.7 Å². The van der Waals surface area contributed by atoms with E-state index in [-0.39, 0.29) is 17.5 Å². The first-order chi connectivity index (χ1) is 20.2. The Balaban J connectivity index is 0.000000227. The van der Waals surface area contributed by atoms with Crippen molar-refractivity contribution < 1.29 is 23.9 Å². The van der Waals surface area contributed by atoms with E-state index in [0.717, 1.165) is 22.5 Å². The largest absolute Gasteiger partial charge is 0.461 e. The second kappa shape index (κ2) is 13.7. The van der Waals surface area contributed by atoms with E-state index in [9.17, 15) is 14.4 Å². The number of nitrogens with one attached hydrogen (secondary N) is 1. The van der Waals surface area contributed by atoms with Gasteiger partial charge in [-0.25, -0.2) is 29.5 Å². The molecule has 0 radical (unpaired) electrons. The molecular weight excluding hydrogens is 576 g/mol. The van der Waals surface area contributed by atoms with Crippen LogP contribution in [0.15, 0.2) is 48.8 Å². The fourth-order valence-electron chi connectivity index (χ4n) is 3.73. The number of fused-ring (bicyclic) bond motifs is 2. The van der Waals surface area contributed by atoms with Crippen LogP contribution in [0.25, 0.3) is 26.8 Å². The number of anilines is 2. The smallest absolute Gasteiger partial charge is 0.367 e. The molecule has 3 N–H and O–H groups in total. The third kappa shape index (κ3) is 7.30. The molecule has 42 heavy (non-hydrogen) atoms. The van der Waals surface area contributed by atoms with Crippen LogP contribution >= 0.6 is 22.7 Å². The number of benzene rings is 1. The summed E-state index contributed by atoms with van der Waals surface area (Å²) in [6.07, 6.45) is 7.02. The minimum Gasteiger partial charge on any atom is -0.461 e. The number of pyridine rings is 2. The minimum absolute atomic E-state index is 0.221. The van der Waals surface area contributed by atoms with E-state index < -0.39 is 11.9 Å². The number of carbonyl (C=O) groups excluding carboxylic acids is 3. The van der Waals surface area contributed by atoms with Crippen molar-refractivity contribution in [2.24, 2.45) is 0 Å². The number of nitrogens with two attached hydrogens (primary N) is 1. The molecule has 0 atom stereocenters. The van der Waals surface area contributed by atoms with Crippen LogP contribution in [0, 0.1) is 6.92 Å². The summed E-state index contributed by atoms with van der Waals surface area (Å²) >= 11 is 2.36. The Morgan fingerprint density at radius 1 is 0.905 bits per heavy atom. The number of nitrogen functional groups attached to an aromatic ring is 1. The number of thiazole rings is 2. The van der Waals surface area contributed by atoms with Gasteiger partial charge in [-0.2, -0.15) is 0 Å². The van der Waals surface area contributed by atoms with E-state index in [4.69, 9.17) is 15.2 Å². The number of hydrogen-bond donors (Lipinski definition) is 2. The van der Waals surface area contributed by atoms with Gasteiger partial charge in [-0.1, -0.05) is 47.0 Å². The Morgan fingerprint density at radius 2 is 1.50 bits per heavy atom. The zero-order valence-corrected chi connectivity index (χ0v) is 25.0. The lowest BCUT2D eigenvalue weighted by molar-refractivity contribution is 0.0516. The normalized spacial score (nSPS) is 10.9.